The summed E-state index contributed by atoms with van der Waals surface area (Å²) >= 11 is 5.79. The van der Waals surface area contributed by atoms with E-state index in [0.29, 0.717) is 5.02 Å². The highest BCUT2D eigenvalue weighted by Crippen LogP contribution is 2.15. The number of nitrogens with two attached hydrogens (primary N) is 1. The summed E-state index contributed by atoms with van der Waals surface area (Å²) < 4.78 is 0. The Morgan fingerprint density at radius 1 is 1.43 bits per heavy atom. The summed E-state index contributed by atoms with van der Waals surface area (Å²) in [4.78, 5) is 1.42. The summed E-state index contributed by atoms with van der Waals surface area (Å²) in [5, 5.41) is 8.43. The van der Waals surface area contributed by atoms with E-state index in [0.717, 1.165) is 5.56 Å². The number of rotatable bonds is 2. The molecular formula is C9H8ClN4. The van der Waals surface area contributed by atoms with Gasteiger partial charge < -0.3 is 5.73 Å². The fraction of sp³-hybridized carbons (Fsp3) is 0.111. The van der Waals surface area contributed by atoms with Crippen LogP contribution in [0.25, 0.3) is 0 Å². The van der Waals surface area contributed by atoms with E-state index in [4.69, 9.17) is 17.3 Å². The van der Waals surface area contributed by atoms with Gasteiger partial charge in [0.05, 0.1) is 12.4 Å². The van der Waals surface area contributed by atoms with Gasteiger partial charge in [-0.2, -0.15) is 15.0 Å². The van der Waals surface area contributed by atoms with Crippen LogP contribution in [-0.4, -0.2) is 15.0 Å². The first-order valence-corrected chi connectivity index (χ1v) is 4.43. The summed E-state index contributed by atoms with van der Waals surface area (Å²) in [6.07, 6.45) is 2.75. The van der Waals surface area contributed by atoms with Crippen LogP contribution in [0.2, 0.25) is 5.02 Å². The Morgan fingerprint density at radius 3 is 2.79 bits per heavy atom. The zero-order valence-corrected chi connectivity index (χ0v) is 8.02. The predicted molar refractivity (Wildman–Crippen MR) is 52.6 cm³/mol. The maximum Gasteiger partial charge on any atom is 0.144 e. The number of halogens is 1. The van der Waals surface area contributed by atoms with Crippen LogP contribution in [0.3, 0.4) is 0 Å². The Hall–Kier alpha value is -1.39. The molecular weight excluding hydrogens is 200 g/mol. The lowest BCUT2D eigenvalue weighted by Crippen LogP contribution is -2.22. The molecule has 0 fully saturated rings. The van der Waals surface area contributed by atoms with Crippen LogP contribution in [0.15, 0.2) is 30.6 Å². The third-order valence-corrected chi connectivity index (χ3v) is 2.04. The van der Waals surface area contributed by atoms with Crippen LogP contribution in [-0.2, 0) is 0 Å². The molecule has 0 saturated heterocycles. The van der Waals surface area contributed by atoms with E-state index in [1.807, 2.05) is 6.07 Å². The fourth-order valence-electron chi connectivity index (χ4n) is 1.14. The molecule has 0 amide bonds. The van der Waals surface area contributed by atoms with Crippen molar-refractivity contribution in [3.8, 4) is 0 Å². The molecule has 2 rings (SSSR count). The van der Waals surface area contributed by atoms with E-state index in [1.54, 1.807) is 24.5 Å². The molecule has 0 saturated carbocycles. The Morgan fingerprint density at radius 2 is 2.14 bits per heavy atom. The quantitative estimate of drug-likeness (QED) is 0.806. The average molecular weight is 208 g/mol. The molecule has 2 N–H and O–H groups in total. The highest BCUT2D eigenvalue weighted by molar-refractivity contribution is 6.30. The SMILES string of the molecule is NC(c1cc[c]c(Cl)c1)n1nccn1. The van der Waals surface area contributed by atoms with Crippen molar-refractivity contribution in [1.82, 2.24) is 15.0 Å². The summed E-state index contributed by atoms with van der Waals surface area (Å²) in [5.41, 5.74) is 6.75. The second-order valence-corrected chi connectivity index (χ2v) is 3.17. The van der Waals surface area contributed by atoms with Crippen LogP contribution >= 0.6 is 11.6 Å². The van der Waals surface area contributed by atoms with Gasteiger partial charge in [0, 0.05) is 11.1 Å². The first-order valence-electron chi connectivity index (χ1n) is 4.06. The van der Waals surface area contributed by atoms with Gasteiger partial charge in [-0.1, -0.05) is 23.7 Å². The van der Waals surface area contributed by atoms with Gasteiger partial charge >= 0.3 is 0 Å². The maximum atomic E-state index is 5.90. The second-order valence-electron chi connectivity index (χ2n) is 2.76. The van der Waals surface area contributed by atoms with Crippen LogP contribution in [0, 0.1) is 6.07 Å². The molecule has 0 aliphatic rings. The maximum absolute atomic E-state index is 5.90. The number of nitrogens with zero attached hydrogens (tertiary/aromatic N) is 3. The molecule has 1 aromatic heterocycles. The van der Waals surface area contributed by atoms with Crippen molar-refractivity contribution in [2.75, 3.05) is 0 Å². The molecule has 0 bridgehead atoms. The molecule has 0 spiro atoms. The van der Waals surface area contributed by atoms with E-state index in [1.165, 1.54) is 4.80 Å². The van der Waals surface area contributed by atoms with Crippen LogP contribution < -0.4 is 5.73 Å². The van der Waals surface area contributed by atoms with Gasteiger partial charge in [0.15, 0.2) is 0 Å². The highest BCUT2D eigenvalue weighted by Gasteiger charge is 2.08. The molecule has 0 aliphatic carbocycles. The Bertz CT molecular complexity index is 413. The van der Waals surface area contributed by atoms with Crippen LogP contribution in [0.1, 0.15) is 11.7 Å². The molecule has 14 heavy (non-hydrogen) atoms. The van der Waals surface area contributed by atoms with Gasteiger partial charge in [0.2, 0.25) is 0 Å². The summed E-state index contributed by atoms with van der Waals surface area (Å²) in [6.45, 7) is 0. The normalized spacial score (nSPS) is 12.7. The predicted octanol–water partition coefficient (Wildman–Crippen LogP) is 1.24. The van der Waals surface area contributed by atoms with E-state index >= 15 is 0 Å². The van der Waals surface area contributed by atoms with Gasteiger partial charge in [0.1, 0.15) is 6.17 Å². The molecule has 1 radical (unpaired) electrons. The molecule has 1 atom stereocenters. The number of hydrogen-bond acceptors (Lipinski definition) is 3. The Kier molecular flexibility index (Phi) is 2.47. The zero-order chi connectivity index (χ0) is 9.97. The topological polar surface area (TPSA) is 56.7 Å². The monoisotopic (exact) mass is 207 g/mol. The van der Waals surface area contributed by atoms with Crippen molar-refractivity contribution in [2.45, 2.75) is 6.17 Å². The number of hydrogen-bond donors (Lipinski definition) is 1. The van der Waals surface area contributed by atoms with Crippen molar-refractivity contribution in [2.24, 2.45) is 5.73 Å². The van der Waals surface area contributed by atoms with E-state index in [2.05, 4.69) is 16.3 Å². The van der Waals surface area contributed by atoms with Gasteiger partial charge in [-0.25, -0.2) is 0 Å². The average Bonchev–Trinajstić information content (AvgIpc) is 2.69. The zero-order valence-electron chi connectivity index (χ0n) is 7.26. The molecule has 4 nitrogen and oxygen atoms in total. The summed E-state index contributed by atoms with van der Waals surface area (Å²) in [7, 11) is 0. The van der Waals surface area contributed by atoms with Gasteiger partial charge in [-0.15, -0.1) is 0 Å². The molecule has 5 heteroatoms. The highest BCUT2D eigenvalue weighted by atomic mass is 35.5. The van der Waals surface area contributed by atoms with E-state index in [9.17, 15) is 0 Å². The lowest BCUT2D eigenvalue weighted by atomic mass is 10.2. The van der Waals surface area contributed by atoms with Crippen molar-refractivity contribution in [1.29, 1.82) is 0 Å². The van der Waals surface area contributed by atoms with Crippen molar-refractivity contribution in [3.63, 3.8) is 0 Å². The summed E-state index contributed by atoms with van der Waals surface area (Å²) in [6, 6.07) is 8.13. The van der Waals surface area contributed by atoms with Gasteiger partial charge in [-0.3, -0.25) is 0 Å². The number of aromatic nitrogens is 3. The molecule has 1 unspecified atom stereocenters. The van der Waals surface area contributed by atoms with Gasteiger partial charge in [-0.05, 0) is 11.6 Å². The third-order valence-electron chi connectivity index (χ3n) is 1.82. The minimum atomic E-state index is -0.405. The molecule has 71 valence electrons. The lowest BCUT2D eigenvalue weighted by Gasteiger charge is -2.10. The number of benzene rings is 1. The smallest absolute Gasteiger partial charge is 0.144 e. The van der Waals surface area contributed by atoms with E-state index in [-0.39, 0.29) is 0 Å². The standard InChI is InChI=1S/C9H8ClN4/c10-8-3-1-2-7(6-8)9(11)14-12-4-5-13-14/h1-2,4-6,9H,11H2. The molecule has 1 aromatic carbocycles. The lowest BCUT2D eigenvalue weighted by molar-refractivity contribution is 0.475. The molecule has 0 aliphatic heterocycles. The minimum absolute atomic E-state index is 0.405. The first-order chi connectivity index (χ1) is 6.77. The van der Waals surface area contributed by atoms with Crippen molar-refractivity contribution < 1.29 is 0 Å². The fourth-order valence-corrected chi connectivity index (χ4v) is 1.33. The van der Waals surface area contributed by atoms with Crippen LogP contribution in [0.4, 0.5) is 0 Å². The van der Waals surface area contributed by atoms with Gasteiger partial charge in [0.25, 0.3) is 0 Å². The third kappa shape index (κ3) is 1.76. The summed E-state index contributed by atoms with van der Waals surface area (Å²) in [5.74, 6) is 0. The van der Waals surface area contributed by atoms with Crippen molar-refractivity contribution in [3.05, 3.63) is 47.2 Å². The second kappa shape index (κ2) is 3.77. The minimum Gasteiger partial charge on any atom is -0.304 e. The molecule has 2 aromatic rings. The largest absolute Gasteiger partial charge is 0.304 e. The Balaban J connectivity index is 2.32. The van der Waals surface area contributed by atoms with Crippen molar-refractivity contribution >= 4 is 11.6 Å². The Labute approximate surface area is 86.3 Å². The van der Waals surface area contributed by atoms with E-state index < -0.39 is 6.17 Å². The first kappa shape index (κ1) is 9.18. The molecule has 1 heterocycles. The van der Waals surface area contributed by atoms with Crippen LogP contribution in [0.5, 0.6) is 0 Å².